The Balaban J connectivity index is 2.28. The maximum atomic E-state index is 8.57. The lowest BCUT2D eigenvalue weighted by Gasteiger charge is -2.09. The van der Waals surface area contributed by atoms with E-state index in [1.165, 1.54) is 0 Å². The number of nitrogens with zero attached hydrogens (tertiary/aromatic N) is 5. The van der Waals surface area contributed by atoms with E-state index in [4.69, 9.17) is 14.7 Å². The number of ether oxygens (including phenoxy) is 2. The van der Waals surface area contributed by atoms with Crippen LogP contribution in [0.2, 0.25) is 0 Å². The summed E-state index contributed by atoms with van der Waals surface area (Å²) in [7, 11) is 3.17. The highest BCUT2D eigenvalue weighted by atomic mass is 16.5. The van der Waals surface area contributed by atoms with Crippen molar-refractivity contribution in [3.05, 3.63) is 18.2 Å². The SMILES string of the molecule is COc1ccc(-c2nnnn2CCCC#N)cc1OC. The van der Waals surface area contributed by atoms with Crippen LogP contribution in [-0.4, -0.2) is 34.4 Å². The van der Waals surface area contributed by atoms with E-state index in [1.807, 2.05) is 18.2 Å². The maximum absolute atomic E-state index is 8.57. The lowest BCUT2D eigenvalue weighted by atomic mass is 10.2. The zero-order valence-corrected chi connectivity index (χ0v) is 11.4. The van der Waals surface area contributed by atoms with Crippen molar-refractivity contribution in [1.82, 2.24) is 20.2 Å². The molecule has 0 N–H and O–H groups in total. The van der Waals surface area contributed by atoms with Crippen LogP contribution in [-0.2, 0) is 6.54 Å². The minimum atomic E-state index is 0.477. The topological polar surface area (TPSA) is 85.9 Å². The fourth-order valence-electron chi connectivity index (χ4n) is 1.85. The number of hydrogen-bond donors (Lipinski definition) is 0. The van der Waals surface area contributed by atoms with Gasteiger partial charge in [0, 0.05) is 18.5 Å². The molecule has 104 valence electrons. The number of methoxy groups -OCH3 is 2. The lowest BCUT2D eigenvalue weighted by Crippen LogP contribution is -2.03. The van der Waals surface area contributed by atoms with Crippen molar-refractivity contribution >= 4 is 0 Å². The fraction of sp³-hybridized carbons (Fsp3) is 0.385. The summed E-state index contributed by atoms with van der Waals surface area (Å²) in [6.45, 7) is 0.601. The molecule has 0 aliphatic heterocycles. The monoisotopic (exact) mass is 273 g/mol. The first-order valence-electron chi connectivity index (χ1n) is 6.15. The Labute approximate surface area is 116 Å². The molecule has 0 unspecified atom stereocenters. The Morgan fingerprint density at radius 1 is 1.25 bits per heavy atom. The molecule has 7 nitrogen and oxygen atoms in total. The Hall–Kier alpha value is -2.62. The van der Waals surface area contributed by atoms with Crippen molar-refractivity contribution in [2.24, 2.45) is 0 Å². The van der Waals surface area contributed by atoms with Gasteiger partial charge in [0.25, 0.3) is 0 Å². The Bertz CT molecular complexity index is 617. The number of rotatable bonds is 6. The summed E-state index contributed by atoms with van der Waals surface area (Å²) in [4.78, 5) is 0. The van der Waals surface area contributed by atoms with Gasteiger partial charge in [-0.05, 0) is 35.0 Å². The van der Waals surface area contributed by atoms with E-state index >= 15 is 0 Å². The van der Waals surface area contributed by atoms with Gasteiger partial charge < -0.3 is 9.47 Å². The number of aryl methyl sites for hydroxylation is 1. The van der Waals surface area contributed by atoms with E-state index in [1.54, 1.807) is 18.9 Å². The van der Waals surface area contributed by atoms with Crippen molar-refractivity contribution < 1.29 is 9.47 Å². The molecule has 0 radical (unpaired) electrons. The second-order valence-corrected chi connectivity index (χ2v) is 4.06. The quantitative estimate of drug-likeness (QED) is 0.744. The molecular weight excluding hydrogens is 258 g/mol. The van der Waals surface area contributed by atoms with Crippen molar-refractivity contribution in [3.8, 4) is 29.0 Å². The highest BCUT2D eigenvalue weighted by Crippen LogP contribution is 2.31. The van der Waals surface area contributed by atoms with Gasteiger partial charge in [-0.3, -0.25) is 0 Å². The van der Waals surface area contributed by atoms with Gasteiger partial charge in [0.1, 0.15) is 0 Å². The van der Waals surface area contributed by atoms with E-state index in [-0.39, 0.29) is 0 Å². The molecule has 0 aliphatic carbocycles. The second-order valence-electron chi connectivity index (χ2n) is 4.06. The Morgan fingerprint density at radius 3 is 2.75 bits per heavy atom. The van der Waals surface area contributed by atoms with Crippen LogP contribution in [0.5, 0.6) is 11.5 Å². The van der Waals surface area contributed by atoms with Gasteiger partial charge in [0.15, 0.2) is 17.3 Å². The molecule has 0 bridgehead atoms. The van der Waals surface area contributed by atoms with E-state index in [9.17, 15) is 0 Å². The Kier molecular flexibility index (Phi) is 4.50. The van der Waals surface area contributed by atoms with Gasteiger partial charge >= 0.3 is 0 Å². The Morgan fingerprint density at radius 2 is 2.05 bits per heavy atom. The largest absolute Gasteiger partial charge is 0.493 e. The minimum absolute atomic E-state index is 0.477. The first kappa shape index (κ1) is 13.8. The van der Waals surface area contributed by atoms with Crippen LogP contribution >= 0.6 is 0 Å². The summed E-state index contributed by atoms with van der Waals surface area (Å²) in [5, 5.41) is 20.2. The number of nitriles is 1. The number of tetrazole rings is 1. The van der Waals surface area contributed by atoms with Crippen molar-refractivity contribution in [2.45, 2.75) is 19.4 Å². The molecule has 1 heterocycles. The van der Waals surface area contributed by atoms with Crippen molar-refractivity contribution in [2.75, 3.05) is 14.2 Å². The van der Waals surface area contributed by atoms with Crippen molar-refractivity contribution in [1.29, 1.82) is 5.26 Å². The molecule has 1 aromatic heterocycles. The lowest BCUT2D eigenvalue weighted by molar-refractivity contribution is 0.355. The summed E-state index contributed by atoms with van der Waals surface area (Å²) in [5.74, 6) is 1.92. The third-order valence-electron chi connectivity index (χ3n) is 2.83. The van der Waals surface area contributed by atoms with Crippen LogP contribution in [0.25, 0.3) is 11.4 Å². The first-order chi connectivity index (χ1) is 9.80. The molecule has 0 fully saturated rings. The normalized spacial score (nSPS) is 10.1. The smallest absolute Gasteiger partial charge is 0.182 e. The molecule has 0 amide bonds. The molecule has 2 rings (SSSR count). The van der Waals surface area contributed by atoms with E-state index < -0.39 is 0 Å². The molecular formula is C13H15N5O2. The van der Waals surface area contributed by atoms with Gasteiger partial charge in [-0.1, -0.05) is 0 Å². The van der Waals surface area contributed by atoms with Gasteiger partial charge in [-0.25, -0.2) is 4.68 Å². The summed E-state index contributed by atoms with van der Waals surface area (Å²) in [5.41, 5.74) is 0.838. The molecule has 0 saturated heterocycles. The van der Waals surface area contributed by atoms with Gasteiger partial charge in [-0.15, -0.1) is 5.10 Å². The summed E-state index contributed by atoms with van der Waals surface area (Å²) < 4.78 is 12.1. The molecule has 1 aromatic carbocycles. The van der Waals surface area contributed by atoms with Crippen LogP contribution < -0.4 is 9.47 Å². The number of hydrogen-bond acceptors (Lipinski definition) is 6. The maximum Gasteiger partial charge on any atom is 0.182 e. The fourth-order valence-corrected chi connectivity index (χ4v) is 1.85. The van der Waals surface area contributed by atoms with Crippen LogP contribution in [0.1, 0.15) is 12.8 Å². The standard InChI is InChI=1S/C13H15N5O2/c1-19-11-6-5-10(9-12(11)20-2)13-15-16-17-18(13)8-4-3-7-14/h5-6,9H,3-4,8H2,1-2H3. The molecule has 0 atom stereocenters. The van der Waals surface area contributed by atoms with Gasteiger partial charge in [0.2, 0.25) is 0 Å². The average molecular weight is 273 g/mol. The van der Waals surface area contributed by atoms with Crippen LogP contribution in [0, 0.1) is 11.3 Å². The predicted octanol–water partition coefficient (Wildman–Crippen LogP) is 1.66. The van der Waals surface area contributed by atoms with Crippen LogP contribution in [0.4, 0.5) is 0 Å². The molecule has 20 heavy (non-hydrogen) atoms. The highest BCUT2D eigenvalue weighted by Gasteiger charge is 2.12. The van der Waals surface area contributed by atoms with E-state index in [0.29, 0.717) is 36.7 Å². The van der Waals surface area contributed by atoms with Crippen LogP contribution in [0.15, 0.2) is 18.2 Å². The second kappa shape index (κ2) is 6.52. The highest BCUT2D eigenvalue weighted by molar-refractivity contribution is 5.60. The summed E-state index contributed by atoms with van der Waals surface area (Å²) in [6, 6.07) is 7.61. The third kappa shape index (κ3) is 2.85. The van der Waals surface area contributed by atoms with E-state index in [2.05, 4.69) is 21.6 Å². The third-order valence-corrected chi connectivity index (χ3v) is 2.83. The molecule has 0 spiro atoms. The number of unbranched alkanes of at least 4 members (excludes halogenated alkanes) is 1. The molecule has 7 heteroatoms. The van der Waals surface area contributed by atoms with E-state index in [0.717, 1.165) is 5.56 Å². The molecule has 2 aromatic rings. The van der Waals surface area contributed by atoms with Crippen molar-refractivity contribution in [3.63, 3.8) is 0 Å². The zero-order valence-electron chi connectivity index (χ0n) is 11.4. The van der Waals surface area contributed by atoms with Gasteiger partial charge in [-0.2, -0.15) is 5.26 Å². The van der Waals surface area contributed by atoms with Gasteiger partial charge in [0.05, 0.1) is 20.3 Å². The van der Waals surface area contributed by atoms with Crippen LogP contribution in [0.3, 0.4) is 0 Å². The molecule has 0 aliphatic rings. The first-order valence-corrected chi connectivity index (χ1v) is 6.15. The molecule has 0 saturated carbocycles. The summed E-state index contributed by atoms with van der Waals surface area (Å²) >= 11 is 0. The number of benzene rings is 1. The zero-order chi connectivity index (χ0) is 14.4. The average Bonchev–Trinajstić information content (AvgIpc) is 2.95. The number of aromatic nitrogens is 4. The minimum Gasteiger partial charge on any atom is -0.493 e. The predicted molar refractivity (Wildman–Crippen MR) is 71.2 cm³/mol. The summed E-state index contributed by atoms with van der Waals surface area (Å²) in [6.07, 6.45) is 1.19.